The first kappa shape index (κ1) is 15.8. The van der Waals surface area contributed by atoms with Gasteiger partial charge in [-0.15, -0.1) is 0 Å². The lowest BCUT2D eigenvalue weighted by molar-refractivity contribution is -0.117. The second-order valence-corrected chi connectivity index (χ2v) is 6.73. The Morgan fingerprint density at radius 3 is 2.83 bits per heavy atom. The lowest BCUT2D eigenvalue weighted by atomic mass is 9.75. The van der Waals surface area contributed by atoms with E-state index in [1.807, 2.05) is 13.0 Å². The van der Waals surface area contributed by atoms with Gasteiger partial charge in [-0.05, 0) is 39.5 Å². The van der Waals surface area contributed by atoms with Gasteiger partial charge < -0.3 is 10.5 Å². The molecule has 2 aliphatic rings. The lowest BCUT2D eigenvalue weighted by Gasteiger charge is -2.33. The van der Waals surface area contributed by atoms with E-state index in [1.165, 1.54) is 6.07 Å². The number of nitrogens with zero attached hydrogens (tertiary/aromatic N) is 1. The zero-order chi connectivity index (χ0) is 16.7. The van der Waals surface area contributed by atoms with E-state index < -0.39 is 11.7 Å². The molecule has 0 fully saturated rings. The van der Waals surface area contributed by atoms with Gasteiger partial charge in [0, 0.05) is 18.4 Å². The Kier molecular flexibility index (Phi) is 3.99. The molecule has 2 N–H and O–H groups in total. The largest absolute Gasteiger partial charge is 0.444 e. The fraction of sp³-hybridized carbons (Fsp3) is 0.294. The molecule has 0 bridgehead atoms. The van der Waals surface area contributed by atoms with Gasteiger partial charge in [-0.2, -0.15) is 5.26 Å². The first-order valence-electron chi connectivity index (χ1n) is 7.21. The predicted molar refractivity (Wildman–Crippen MR) is 85.2 cm³/mol. The minimum atomic E-state index is -0.611. The van der Waals surface area contributed by atoms with Gasteiger partial charge in [0.15, 0.2) is 5.78 Å². The molecule has 0 amide bonds. The van der Waals surface area contributed by atoms with Crippen molar-refractivity contribution >= 4 is 21.7 Å². The zero-order valence-corrected chi connectivity index (χ0v) is 14.0. The topological polar surface area (TPSA) is 76.1 Å². The van der Waals surface area contributed by atoms with Gasteiger partial charge in [0.05, 0.1) is 10.4 Å². The van der Waals surface area contributed by atoms with Crippen LogP contribution in [0.25, 0.3) is 0 Å². The van der Waals surface area contributed by atoms with Crippen LogP contribution in [0, 0.1) is 23.1 Å². The van der Waals surface area contributed by atoms with Crippen LogP contribution in [0.2, 0.25) is 0 Å². The van der Waals surface area contributed by atoms with Gasteiger partial charge in [-0.25, -0.2) is 4.39 Å². The van der Waals surface area contributed by atoms with Crippen molar-refractivity contribution in [2.75, 3.05) is 0 Å². The van der Waals surface area contributed by atoms with E-state index in [-0.39, 0.29) is 27.6 Å². The van der Waals surface area contributed by atoms with E-state index in [0.29, 0.717) is 29.7 Å². The summed E-state index contributed by atoms with van der Waals surface area (Å²) in [6.45, 7) is 1.97. The summed E-state index contributed by atoms with van der Waals surface area (Å²) in [6.07, 6.45) is 0.999. The Bertz CT molecular complexity index is 807. The summed E-state index contributed by atoms with van der Waals surface area (Å²) in [5.74, 6) is -0.369. The van der Waals surface area contributed by atoms with Gasteiger partial charge in [0.25, 0.3) is 0 Å². The summed E-state index contributed by atoms with van der Waals surface area (Å²) in [5, 5.41) is 9.46. The predicted octanol–water partition coefficient (Wildman–Crippen LogP) is 3.65. The fourth-order valence-electron chi connectivity index (χ4n) is 3.12. The molecule has 0 saturated heterocycles. The Balaban J connectivity index is 2.19. The normalized spacial score (nSPS) is 24.2. The minimum absolute atomic E-state index is 0.0126. The van der Waals surface area contributed by atoms with Crippen LogP contribution in [-0.2, 0) is 9.53 Å². The van der Waals surface area contributed by atoms with Gasteiger partial charge in [-0.1, -0.05) is 13.0 Å². The Labute approximate surface area is 141 Å². The van der Waals surface area contributed by atoms with E-state index in [2.05, 4.69) is 15.9 Å². The molecule has 118 valence electrons. The smallest absolute Gasteiger partial charge is 0.205 e. The van der Waals surface area contributed by atoms with Crippen molar-refractivity contribution in [2.24, 2.45) is 11.7 Å². The summed E-state index contributed by atoms with van der Waals surface area (Å²) in [6, 6.07) is 6.48. The molecule has 3 rings (SSSR count). The molecule has 6 heteroatoms. The van der Waals surface area contributed by atoms with Gasteiger partial charge in [-0.3, -0.25) is 4.79 Å². The summed E-state index contributed by atoms with van der Waals surface area (Å²) in [4.78, 5) is 12.5. The number of hydrogen-bond donors (Lipinski definition) is 1. The SMILES string of the molecule is C[C@H]1CC(=O)C2=C(C1)OC(N)=C(C#N)[C@@H]2c1ccc(F)c(Br)c1. The molecule has 0 spiro atoms. The van der Waals surface area contributed by atoms with Crippen molar-refractivity contribution < 1.29 is 13.9 Å². The third-order valence-corrected chi connectivity index (χ3v) is 4.75. The number of carbonyl (C=O) groups excluding carboxylic acids is 1. The molecule has 0 unspecified atom stereocenters. The molecule has 0 radical (unpaired) electrons. The number of benzene rings is 1. The van der Waals surface area contributed by atoms with E-state index in [0.717, 1.165) is 0 Å². The standard InChI is InChI=1S/C17H14BrFN2O2/c1-8-4-13(22)16-14(5-8)23-17(21)10(7-20)15(16)9-2-3-12(19)11(18)6-9/h2-3,6,8,15H,4-5,21H2,1H3/t8-,15-/m0/s1. The third kappa shape index (κ3) is 2.66. The third-order valence-electron chi connectivity index (χ3n) is 4.14. The van der Waals surface area contributed by atoms with Gasteiger partial charge in [0.2, 0.25) is 5.88 Å². The molecule has 0 saturated carbocycles. The minimum Gasteiger partial charge on any atom is -0.444 e. The average molecular weight is 377 g/mol. The molecule has 1 heterocycles. The second-order valence-electron chi connectivity index (χ2n) is 5.87. The number of carbonyl (C=O) groups is 1. The van der Waals surface area contributed by atoms with E-state index in [9.17, 15) is 14.4 Å². The molecule has 23 heavy (non-hydrogen) atoms. The quantitative estimate of drug-likeness (QED) is 0.811. The maximum absolute atomic E-state index is 13.5. The molecule has 4 nitrogen and oxygen atoms in total. The highest BCUT2D eigenvalue weighted by Gasteiger charge is 2.39. The number of hydrogen-bond acceptors (Lipinski definition) is 4. The van der Waals surface area contributed by atoms with Crippen LogP contribution < -0.4 is 5.73 Å². The Hall–Kier alpha value is -2.13. The number of Topliss-reactive ketones (excluding diaryl/α,β-unsaturated/α-hetero) is 1. The molecular formula is C17H14BrFN2O2. The summed E-state index contributed by atoms with van der Waals surface area (Å²) in [5.41, 5.74) is 7.17. The van der Waals surface area contributed by atoms with Crippen LogP contribution in [0.4, 0.5) is 4.39 Å². The number of ether oxygens (including phenoxy) is 1. The second kappa shape index (κ2) is 5.82. The van der Waals surface area contributed by atoms with Crippen molar-refractivity contribution in [3.05, 3.63) is 56.8 Å². The molecule has 1 aromatic rings. The number of halogens is 2. The van der Waals surface area contributed by atoms with Crippen molar-refractivity contribution in [3.8, 4) is 6.07 Å². The summed E-state index contributed by atoms with van der Waals surface area (Å²) < 4.78 is 19.4. The van der Waals surface area contributed by atoms with Crippen LogP contribution in [0.5, 0.6) is 0 Å². The summed E-state index contributed by atoms with van der Waals surface area (Å²) in [7, 11) is 0. The number of nitrogens with two attached hydrogens (primary N) is 1. The highest BCUT2D eigenvalue weighted by atomic mass is 79.9. The highest BCUT2D eigenvalue weighted by molar-refractivity contribution is 9.10. The maximum Gasteiger partial charge on any atom is 0.205 e. The number of rotatable bonds is 1. The number of allylic oxidation sites excluding steroid dienone is 3. The van der Waals surface area contributed by atoms with Crippen molar-refractivity contribution in [3.63, 3.8) is 0 Å². The average Bonchev–Trinajstić information content (AvgIpc) is 2.48. The maximum atomic E-state index is 13.5. The molecule has 1 aromatic carbocycles. The van der Waals surface area contributed by atoms with Crippen molar-refractivity contribution in [2.45, 2.75) is 25.7 Å². The van der Waals surface area contributed by atoms with Gasteiger partial charge in [0.1, 0.15) is 23.2 Å². The number of ketones is 1. The van der Waals surface area contributed by atoms with Crippen LogP contribution in [0.1, 0.15) is 31.2 Å². The van der Waals surface area contributed by atoms with E-state index >= 15 is 0 Å². The molecule has 0 aromatic heterocycles. The van der Waals surface area contributed by atoms with E-state index in [4.69, 9.17) is 10.5 Å². The first-order chi connectivity index (χ1) is 10.9. The molecule has 2 atom stereocenters. The van der Waals surface area contributed by atoms with Crippen LogP contribution >= 0.6 is 15.9 Å². The Morgan fingerprint density at radius 2 is 2.17 bits per heavy atom. The number of nitriles is 1. The summed E-state index contributed by atoms with van der Waals surface area (Å²) >= 11 is 3.14. The van der Waals surface area contributed by atoms with Gasteiger partial charge >= 0.3 is 0 Å². The lowest BCUT2D eigenvalue weighted by Crippen LogP contribution is -2.29. The van der Waals surface area contributed by atoms with Crippen molar-refractivity contribution in [1.82, 2.24) is 0 Å². The van der Waals surface area contributed by atoms with Crippen LogP contribution in [0.3, 0.4) is 0 Å². The van der Waals surface area contributed by atoms with Crippen LogP contribution in [0.15, 0.2) is 45.5 Å². The van der Waals surface area contributed by atoms with E-state index in [1.54, 1.807) is 12.1 Å². The molecule has 1 aliphatic heterocycles. The zero-order valence-electron chi connectivity index (χ0n) is 12.4. The fourth-order valence-corrected chi connectivity index (χ4v) is 3.51. The molecule has 1 aliphatic carbocycles. The monoisotopic (exact) mass is 376 g/mol. The molecular weight excluding hydrogens is 363 g/mol. The first-order valence-corrected chi connectivity index (χ1v) is 8.00. The van der Waals surface area contributed by atoms with Crippen LogP contribution in [-0.4, -0.2) is 5.78 Å². The highest BCUT2D eigenvalue weighted by Crippen LogP contribution is 2.44. The van der Waals surface area contributed by atoms with Crippen molar-refractivity contribution in [1.29, 1.82) is 5.26 Å². The Morgan fingerprint density at radius 1 is 1.43 bits per heavy atom.